The molecule has 3 atom stereocenters. The van der Waals surface area contributed by atoms with Gasteiger partial charge in [-0.3, -0.25) is 43.2 Å². The van der Waals surface area contributed by atoms with E-state index in [1.807, 2.05) is 121 Å². The molecular formula is C72H93N13O9. The van der Waals surface area contributed by atoms with Crippen molar-refractivity contribution in [2.45, 2.75) is 77.8 Å². The van der Waals surface area contributed by atoms with Gasteiger partial charge in [-0.25, -0.2) is 0 Å². The lowest BCUT2D eigenvalue weighted by atomic mass is 10.1. The van der Waals surface area contributed by atoms with Crippen molar-refractivity contribution in [2.24, 2.45) is 22.9 Å². The largest absolute Gasteiger partial charge is 0.368 e. The van der Waals surface area contributed by atoms with Crippen LogP contribution >= 0.6 is 0 Å². The van der Waals surface area contributed by atoms with Gasteiger partial charge < -0.3 is 67.5 Å². The quantitative estimate of drug-likeness (QED) is 0.0330. The molecule has 0 saturated heterocycles. The molecule has 0 aliphatic carbocycles. The first-order valence-electron chi connectivity index (χ1n) is 32.0. The van der Waals surface area contributed by atoms with Crippen LogP contribution in [-0.4, -0.2) is 191 Å². The summed E-state index contributed by atoms with van der Waals surface area (Å²) in [7, 11) is 0. The van der Waals surface area contributed by atoms with Gasteiger partial charge >= 0.3 is 0 Å². The highest BCUT2D eigenvalue weighted by molar-refractivity contribution is 5.94. The Balaban J connectivity index is 1.29. The van der Waals surface area contributed by atoms with Crippen LogP contribution in [0.3, 0.4) is 0 Å². The molecule has 6 aromatic rings. The van der Waals surface area contributed by atoms with Crippen molar-refractivity contribution in [2.75, 3.05) is 98.2 Å². The maximum atomic E-state index is 15.4. The van der Waals surface area contributed by atoms with Crippen LogP contribution in [0.25, 0.3) is 0 Å². The first-order valence-corrected chi connectivity index (χ1v) is 32.0. The minimum Gasteiger partial charge on any atom is -0.368 e. The van der Waals surface area contributed by atoms with Crippen LogP contribution in [0.2, 0.25) is 0 Å². The SMILES string of the molecule is C[C@H](c1ccccc1)N(CC(N)=O)C(=O)CN(Cc1ccccc1)C(=O)CN(CCCN)C(=O)CN(C(=O)CN(Cc1ccccc1)C(=O)CN(CCCN)C(=O)CN(C(=O)CN(Cc1ccccc1)C(=O)CNCCCN)[C@H](C)c1ccccc1)[C@H](C)c1ccccc1. The topological polar surface area (TPSA) is 296 Å². The number of hydrogen-bond donors (Lipinski definition) is 5. The monoisotopic (exact) mass is 1280 g/mol. The molecule has 6 aromatic carbocycles. The second kappa shape index (κ2) is 39.1. The van der Waals surface area contributed by atoms with Gasteiger partial charge in [0.1, 0.15) is 32.7 Å². The Morgan fingerprint density at radius 2 is 0.596 bits per heavy atom. The van der Waals surface area contributed by atoms with Crippen molar-refractivity contribution < 1.29 is 43.2 Å². The van der Waals surface area contributed by atoms with Gasteiger partial charge in [-0.2, -0.15) is 0 Å². The second-order valence-corrected chi connectivity index (χ2v) is 23.2. The molecule has 94 heavy (non-hydrogen) atoms. The Labute approximate surface area is 552 Å². The van der Waals surface area contributed by atoms with Crippen molar-refractivity contribution in [3.05, 3.63) is 215 Å². The van der Waals surface area contributed by atoms with Gasteiger partial charge in [0.2, 0.25) is 53.2 Å². The summed E-state index contributed by atoms with van der Waals surface area (Å²) in [5.74, 6) is -5.19. The zero-order chi connectivity index (χ0) is 67.8. The summed E-state index contributed by atoms with van der Waals surface area (Å²) in [6.45, 7) is 2.65. The number of nitrogens with two attached hydrogens (primary N) is 4. The smallest absolute Gasteiger partial charge is 0.243 e. The third-order valence-electron chi connectivity index (χ3n) is 16.3. The molecule has 0 saturated carbocycles. The van der Waals surface area contributed by atoms with Crippen LogP contribution in [0.4, 0.5) is 0 Å². The number of nitrogens with one attached hydrogen (secondary N) is 1. The predicted octanol–water partition coefficient (Wildman–Crippen LogP) is 4.62. The van der Waals surface area contributed by atoms with Crippen molar-refractivity contribution in [3.63, 3.8) is 0 Å². The normalized spacial score (nSPS) is 11.9. The Morgan fingerprint density at radius 1 is 0.330 bits per heavy atom. The van der Waals surface area contributed by atoms with Crippen molar-refractivity contribution in [1.82, 2.24) is 44.5 Å². The van der Waals surface area contributed by atoms with Gasteiger partial charge in [0.05, 0.1) is 44.3 Å². The van der Waals surface area contributed by atoms with E-state index in [-0.39, 0.29) is 77.7 Å². The van der Waals surface area contributed by atoms with E-state index in [9.17, 15) is 24.0 Å². The molecule has 22 nitrogen and oxygen atoms in total. The summed E-state index contributed by atoms with van der Waals surface area (Å²) in [6, 6.07) is 52.6. The van der Waals surface area contributed by atoms with E-state index in [4.69, 9.17) is 22.9 Å². The summed E-state index contributed by atoms with van der Waals surface area (Å²) >= 11 is 0. The van der Waals surface area contributed by atoms with Crippen LogP contribution in [0.5, 0.6) is 0 Å². The first-order chi connectivity index (χ1) is 45.4. The maximum Gasteiger partial charge on any atom is 0.243 e. The van der Waals surface area contributed by atoms with E-state index in [0.717, 1.165) is 16.7 Å². The van der Waals surface area contributed by atoms with E-state index in [0.29, 0.717) is 36.2 Å². The molecule has 9 amide bonds. The number of hydrogen-bond acceptors (Lipinski definition) is 13. The maximum absolute atomic E-state index is 15.4. The number of benzene rings is 6. The number of amides is 9. The summed E-state index contributed by atoms with van der Waals surface area (Å²) in [4.78, 5) is 142. The molecule has 0 radical (unpaired) electrons. The van der Waals surface area contributed by atoms with Gasteiger partial charge in [0.15, 0.2) is 0 Å². The lowest BCUT2D eigenvalue weighted by molar-refractivity contribution is -0.150. The predicted molar refractivity (Wildman–Crippen MR) is 362 cm³/mol. The van der Waals surface area contributed by atoms with Gasteiger partial charge in [0, 0.05) is 32.7 Å². The third-order valence-corrected chi connectivity index (χ3v) is 16.3. The molecule has 0 spiro atoms. The number of carbonyl (C=O) groups is 9. The molecule has 0 aromatic heterocycles. The summed E-state index contributed by atoms with van der Waals surface area (Å²) in [6.07, 6.45) is 1.20. The van der Waals surface area contributed by atoms with Crippen LogP contribution in [0.15, 0.2) is 182 Å². The molecule has 0 heterocycles. The zero-order valence-corrected chi connectivity index (χ0v) is 54.5. The molecule has 6 rings (SSSR count). The molecule has 500 valence electrons. The third kappa shape index (κ3) is 23.5. The first kappa shape index (κ1) is 73.4. The Hall–Kier alpha value is -9.61. The lowest BCUT2D eigenvalue weighted by Crippen LogP contribution is -2.53. The van der Waals surface area contributed by atoms with Crippen LogP contribution < -0.4 is 28.3 Å². The number of carbonyl (C=O) groups excluding carboxylic acids is 9. The van der Waals surface area contributed by atoms with Crippen molar-refractivity contribution in [1.29, 1.82) is 0 Å². The zero-order valence-electron chi connectivity index (χ0n) is 54.5. The fourth-order valence-electron chi connectivity index (χ4n) is 10.8. The molecule has 0 fully saturated rings. The fraction of sp³-hybridized carbons (Fsp3) is 0.375. The van der Waals surface area contributed by atoms with Crippen LogP contribution in [-0.2, 0) is 62.8 Å². The Kier molecular flexibility index (Phi) is 30.5. The summed E-state index contributed by atoms with van der Waals surface area (Å²) in [5.41, 5.74) is 27.8. The van der Waals surface area contributed by atoms with E-state index in [1.54, 1.807) is 81.4 Å². The Bertz CT molecular complexity index is 3340. The van der Waals surface area contributed by atoms with E-state index >= 15 is 19.2 Å². The molecule has 0 aliphatic heterocycles. The van der Waals surface area contributed by atoms with Gasteiger partial charge in [0.25, 0.3) is 0 Å². The Morgan fingerprint density at radius 3 is 0.894 bits per heavy atom. The fourth-order valence-corrected chi connectivity index (χ4v) is 10.8. The van der Waals surface area contributed by atoms with Gasteiger partial charge in [-0.05, 0) is 99.6 Å². The van der Waals surface area contributed by atoms with Crippen LogP contribution in [0, 0.1) is 0 Å². The molecule has 22 heteroatoms. The van der Waals surface area contributed by atoms with Gasteiger partial charge in [-0.1, -0.05) is 182 Å². The number of primary amides is 1. The molecule has 0 aliphatic rings. The van der Waals surface area contributed by atoms with Crippen LogP contribution in [0.1, 0.15) is 91.5 Å². The van der Waals surface area contributed by atoms with E-state index < -0.39 is 111 Å². The van der Waals surface area contributed by atoms with Gasteiger partial charge in [-0.15, -0.1) is 0 Å². The second-order valence-electron chi connectivity index (χ2n) is 23.2. The average Bonchev–Trinajstić information content (AvgIpc) is 0.941. The van der Waals surface area contributed by atoms with Crippen molar-refractivity contribution >= 4 is 53.2 Å². The highest BCUT2D eigenvalue weighted by Gasteiger charge is 2.35. The standard InChI is InChI=1S/C72H93N13O9/c1-55(61-31-16-7-17-32-61)83(47-64(76)86)70(92)51-81(45-59-27-12-5-13-28-59)66(88)48-78(41-23-38-74)69(91)54-85(57(3)63-35-20-9-21-36-63)72(94)52-82(46-60-29-14-6-15-30-60)67(89)49-79(42-24-39-75)68(90)53-84(56(2)62-33-18-8-19-34-62)71(93)50-80(44-58-25-10-4-11-26-58)65(87)43-77-40-22-37-73/h4-21,25-36,55-57,77H,22-24,37-54,73-75H2,1-3H3,(H2,76,86)/t55-,56-,57-/m1/s1. The highest BCUT2D eigenvalue weighted by Crippen LogP contribution is 2.25. The highest BCUT2D eigenvalue weighted by atomic mass is 16.2. The minimum atomic E-state index is -0.766. The minimum absolute atomic E-state index is 0.00436. The number of nitrogens with zero attached hydrogens (tertiary/aromatic N) is 8. The number of rotatable bonds is 39. The average molecular weight is 1280 g/mol. The molecule has 0 bridgehead atoms. The lowest BCUT2D eigenvalue weighted by Gasteiger charge is -2.35. The molecular weight excluding hydrogens is 1190 g/mol. The van der Waals surface area contributed by atoms with E-state index in [1.165, 1.54) is 39.2 Å². The van der Waals surface area contributed by atoms with Crippen molar-refractivity contribution in [3.8, 4) is 0 Å². The molecule has 0 unspecified atom stereocenters. The summed E-state index contributed by atoms with van der Waals surface area (Å²) in [5, 5.41) is 3.12. The molecule has 9 N–H and O–H groups in total. The summed E-state index contributed by atoms with van der Waals surface area (Å²) < 4.78 is 0. The van der Waals surface area contributed by atoms with E-state index in [2.05, 4.69) is 5.32 Å².